The highest BCUT2D eigenvalue weighted by Crippen LogP contribution is 2.39. The molecule has 28 heavy (non-hydrogen) atoms. The molecule has 2 heterocycles. The molecular formula is C21H23NO6. The normalized spacial score (nSPS) is 19.1. The van der Waals surface area contributed by atoms with Crippen molar-refractivity contribution in [1.29, 1.82) is 0 Å². The zero-order valence-corrected chi connectivity index (χ0v) is 15.9. The number of rotatable bonds is 6. The first-order valence-corrected chi connectivity index (χ1v) is 9.36. The van der Waals surface area contributed by atoms with Crippen LogP contribution in [0.25, 0.3) is 0 Å². The largest absolute Gasteiger partial charge is 0.485 e. The molecule has 1 aromatic heterocycles. The van der Waals surface area contributed by atoms with E-state index in [0.29, 0.717) is 29.4 Å². The fourth-order valence-electron chi connectivity index (χ4n) is 3.41. The summed E-state index contributed by atoms with van der Waals surface area (Å²) in [5.41, 5.74) is -0.356. The molecule has 0 saturated heterocycles. The van der Waals surface area contributed by atoms with Crippen LogP contribution in [0.4, 0.5) is 0 Å². The molecule has 0 spiro atoms. The van der Waals surface area contributed by atoms with Gasteiger partial charge in [0.15, 0.2) is 23.4 Å². The topological polar surface area (TPSA) is 87.0 Å². The fraction of sp³-hybridized carbons (Fsp3) is 0.429. The van der Waals surface area contributed by atoms with Crippen molar-refractivity contribution in [3.8, 4) is 11.5 Å². The number of aryl methyl sites for hydroxylation is 1. The molecule has 2 aromatic rings. The summed E-state index contributed by atoms with van der Waals surface area (Å²) in [7, 11) is 1.63. The van der Waals surface area contributed by atoms with Gasteiger partial charge in [-0.05, 0) is 49.9 Å². The second-order valence-corrected chi connectivity index (χ2v) is 7.34. The summed E-state index contributed by atoms with van der Waals surface area (Å²) in [6.45, 7) is 2.51. The molecule has 4 rings (SSSR count). The third-order valence-electron chi connectivity index (χ3n) is 5.24. The third kappa shape index (κ3) is 3.62. The molecule has 1 N–H and O–H groups in total. The first-order chi connectivity index (χ1) is 13.5. The number of para-hydroxylation sites is 2. The van der Waals surface area contributed by atoms with Gasteiger partial charge in [0.25, 0.3) is 5.91 Å². The predicted octanol–water partition coefficient (Wildman–Crippen LogP) is 2.76. The van der Waals surface area contributed by atoms with Crippen molar-refractivity contribution in [3.63, 3.8) is 0 Å². The Morgan fingerprint density at radius 3 is 2.71 bits per heavy atom. The van der Waals surface area contributed by atoms with Gasteiger partial charge in [-0.1, -0.05) is 12.1 Å². The molecule has 1 atom stereocenters. The third-order valence-corrected chi connectivity index (χ3v) is 5.24. The quantitative estimate of drug-likeness (QED) is 0.823. The number of nitrogens with one attached hydrogen (secondary N) is 1. The molecule has 148 valence electrons. The molecule has 7 nitrogen and oxygen atoms in total. The summed E-state index contributed by atoms with van der Waals surface area (Å²) in [5.74, 6) is 1.18. The molecule has 0 bridgehead atoms. The number of amides is 1. The zero-order valence-electron chi connectivity index (χ0n) is 15.9. The Balaban J connectivity index is 1.53. The number of benzene rings is 1. The summed E-state index contributed by atoms with van der Waals surface area (Å²) >= 11 is 0. The van der Waals surface area contributed by atoms with Crippen LogP contribution in [0.2, 0.25) is 0 Å². The summed E-state index contributed by atoms with van der Waals surface area (Å²) in [4.78, 5) is 25.3. The van der Waals surface area contributed by atoms with Gasteiger partial charge in [-0.3, -0.25) is 4.79 Å². The Morgan fingerprint density at radius 2 is 2.04 bits per heavy atom. The molecule has 1 amide bonds. The van der Waals surface area contributed by atoms with Gasteiger partial charge in [0, 0.05) is 19.3 Å². The van der Waals surface area contributed by atoms with Crippen LogP contribution in [0.1, 0.15) is 47.0 Å². The van der Waals surface area contributed by atoms with Gasteiger partial charge < -0.3 is 23.9 Å². The molecular weight excluding hydrogens is 362 g/mol. The Labute approximate surface area is 162 Å². The Kier molecular flexibility index (Phi) is 4.85. The van der Waals surface area contributed by atoms with E-state index in [1.165, 1.54) is 0 Å². The molecule has 0 radical (unpaired) electrons. The first-order valence-electron chi connectivity index (χ1n) is 9.36. The van der Waals surface area contributed by atoms with E-state index in [4.69, 9.17) is 18.6 Å². The lowest BCUT2D eigenvalue weighted by molar-refractivity contribution is 0.0720. The molecule has 1 saturated carbocycles. The lowest BCUT2D eigenvalue weighted by Gasteiger charge is -2.25. The van der Waals surface area contributed by atoms with Gasteiger partial charge >= 0.3 is 5.63 Å². The van der Waals surface area contributed by atoms with E-state index >= 15 is 0 Å². The average Bonchev–Trinajstić information content (AvgIpc) is 3.45. The first kappa shape index (κ1) is 18.6. The summed E-state index contributed by atoms with van der Waals surface area (Å²) < 4.78 is 22.1. The molecule has 7 heteroatoms. The van der Waals surface area contributed by atoms with Crippen molar-refractivity contribution in [2.24, 2.45) is 0 Å². The number of carbonyl (C=O) groups is 1. The van der Waals surface area contributed by atoms with Crippen molar-refractivity contribution in [2.45, 2.75) is 37.8 Å². The number of methoxy groups -OCH3 is 1. The molecule has 1 fully saturated rings. The molecule has 2 aliphatic rings. The second-order valence-electron chi connectivity index (χ2n) is 7.34. The second kappa shape index (κ2) is 7.31. The van der Waals surface area contributed by atoms with Crippen LogP contribution < -0.4 is 20.4 Å². The number of carbonyl (C=O) groups excluding carboxylic acids is 1. The molecule has 1 aliphatic heterocycles. The van der Waals surface area contributed by atoms with Crippen molar-refractivity contribution >= 4 is 5.91 Å². The van der Waals surface area contributed by atoms with Crippen LogP contribution in [0.5, 0.6) is 11.5 Å². The van der Waals surface area contributed by atoms with Crippen LogP contribution in [-0.2, 0) is 4.74 Å². The van der Waals surface area contributed by atoms with Gasteiger partial charge in [-0.2, -0.15) is 0 Å². The maximum Gasteiger partial charge on any atom is 0.349 e. The van der Waals surface area contributed by atoms with Gasteiger partial charge in [-0.25, -0.2) is 4.79 Å². The number of hydrogen-bond donors (Lipinski definition) is 1. The maximum absolute atomic E-state index is 12.7. The Morgan fingerprint density at radius 1 is 1.29 bits per heavy atom. The van der Waals surface area contributed by atoms with Gasteiger partial charge in [0.05, 0.1) is 0 Å². The van der Waals surface area contributed by atoms with E-state index in [2.05, 4.69) is 5.32 Å². The van der Waals surface area contributed by atoms with E-state index in [0.717, 1.165) is 19.3 Å². The smallest absolute Gasteiger partial charge is 0.349 e. The average molecular weight is 385 g/mol. The molecule has 1 unspecified atom stereocenters. The van der Waals surface area contributed by atoms with Crippen LogP contribution in [0.3, 0.4) is 0 Å². The number of fused-ring (bicyclic) bond motifs is 1. The summed E-state index contributed by atoms with van der Waals surface area (Å²) in [5, 5.41) is 2.98. The highest BCUT2D eigenvalue weighted by molar-refractivity contribution is 5.95. The summed E-state index contributed by atoms with van der Waals surface area (Å²) in [6.07, 6.45) is 1.95. The van der Waals surface area contributed by atoms with Crippen LogP contribution >= 0.6 is 0 Å². The number of ether oxygens (including phenoxy) is 3. The molecule has 1 aromatic carbocycles. The van der Waals surface area contributed by atoms with Crippen molar-refractivity contribution in [2.75, 3.05) is 20.3 Å². The standard InChI is InChI=1S/C21H23NO6/c1-13-11-16(17-12-26-14-5-3-4-6-15(14)27-17)28-20(24)18(13)19(23)22-21(7-8-21)9-10-25-2/h3-6,11,17H,7-10,12H2,1-2H3,(H,22,23). The fourth-order valence-corrected chi connectivity index (χ4v) is 3.41. The highest BCUT2D eigenvalue weighted by Gasteiger charge is 2.44. The van der Waals surface area contributed by atoms with Gasteiger partial charge in [-0.15, -0.1) is 0 Å². The maximum atomic E-state index is 12.7. The van der Waals surface area contributed by atoms with Crippen LogP contribution in [-0.4, -0.2) is 31.8 Å². The predicted molar refractivity (Wildman–Crippen MR) is 101 cm³/mol. The highest BCUT2D eigenvalue weighted by atomic mass is 16.6. The van der Waals surface area contributed by atoms with Crippen LogP contribution in [0.15, 0.2) is 39.5 Å². The minimum atomic E-state index is -0.669. The summed E-state index contributed by atoms with van der Waals surface area (Å²) in [6, 6.07) is 8.99. The van der Waals surface area contributed by atoms with Crippen LogP contribution in [0, 0.1) is 6.92 Å². The van der Waals surface area contributed by atoms with Crippen molar-refractivity contribution < 1.29 is 23.4 Å². The SMILES string of the molecule is COCCC1(NC(=O)c2c(C)cc(C3COc4ccccc4O3)oc2=O)CC1. The number of hydrogen-bond acceptors (Lipinski definition) is 6. The van der Waals surface area contributed by atoms with E-state index in [9.17, 15) is 9.59 Å². The lowest BCUT2D eigenvalue weighted by atomic mass is 10.1. The van der Waals surface area contributed by atoms with E-state index in [1.807, 2.05) is 18.2 Å². The zero-order chi connectivity index (χ0) is 19.7. The van der Waals surface area contributed by atoms with Crippen molar-refractivity contribution in [1.82, 2.24) is 5.32 Å². The van der Waals surface area contributed by atoms with Gasteiger partial charge in [0.2, 0.25) is 0 Å². The lowest BCUT2D eigenvalue weighted by Crippen LogP contribution is -2.40. The Hall–Kier alpha value is -2.80. The van der Waals surface area contributed by atoms with Gasteiger partial charge in [0.1, 0.15) is 12.2 Å². The van der Waals surface area contributed by atoms with Crippen molar-refractivity contribution in [3.05, 3.63) is 57.6 Å². The minimum Gasteiger partial charge on any atom is -0.485 e. The van der Waals surface area contributed by atoms with E-state index in [1.54, 1.807) is 26.2 Å². The molecule has 1 aliphatic carbocycles. The Bertz CT molecular complexity index is 946. The minimum absolute atomic E-state index is 0.0320. The monoisotopic (exact) mass is 385 g/mol. The van der Waals surface area contributed by atoms with E-state index < -0.39 is 17.6 Å². The van der Waals surface area contributed by atoms with E-state index in [-0.39, 0.29) is 17.7 Å².